The number of thioether (sulfide) groups is 1. The molecule has 1 aliphatic rings. The summed E-state index contributed by atoms with van der Waals surface area (Å²) in [6.07, 6.45) is 3.44. The van der Waals surface area contributed by atoms with Crippen LogP contribution in [-0.2, 0) is 4.79 Å². The lowest BCUT2D eigenvalue weighted by atomic mass is 9.81. The average Bonchev–Trinajstić information content (AvgIpc) is 2.42. The smallest absolute Gasteiger partial charge is 0.323 e. The second kappa shape index (κ2) is 6.96. The van der Waals surface area contributed by atoms with Crippen molar-refractivity contribution < 1.29 is 9.90 Å². The fraction of sp³-hybridized carbons (Fsp3) is 0.533. The summed E-state index contributed by atoms with van der Waals surface area (Å²) in [5.74, 6) is -0.711. The molecular weight excluding hydrogens is 338 g/mol. The molecule has 0 radical (unpaired) electrons. The van der Waals surface area contributed by atoms with Gasteiger partial charge in [-0.25, -0.2) is 0 Å². The molecular formula is C15H20BrNO2S. The van der Waals surface area contributed by atoms with E-state index in [1.807, 2.05) is 25.1 Å². The first kappa shape index (κ1) is 15.9. The number of carboxylic acids is 1. The van der Waals surface area contributed by atoms with Gasteiger partial charge in [-0.1, -0.05) is 19.1 Å². The Morgan fingerprint density at radius 2 is 2.30 bits per heavy atom. The SMILES string of the molecule is CCNC1(C(=O)O)CCCC(Sc2ccccc2Br)C1. The molecule has 3 nitrogen and oxygen atoms in total. The average molecular weight is 358 g/mol. The minimum Gasteiger partial charge on any atom is -0.480 e. The van der Waals surface area contributed by atoms with Gasteiger partial charge in [-0.05, 0) is 60.3 Å². The fourth-order valence-electron chi connectivity index (χ4n) is 2.81. The molecule has 2 rings (SSSR count). The molecule has 0 heterocycles. The molecule has 5 heteroatoms. The first-order valence-corrected chi connectivity index (χ1v) is 8.64. The van der Waals surface area contributed by atoms with Gasteiger partial charge in [0.25, 0.3) is 0 Å². The van der Waals surface area contributed by atoms with Crippen LogP contribution in [0.15, 0.2) is 33.6 Å². The van der Waals surface area contributed by atoms with Crippen LogP contribution in [0.25, 0.3) is 0 Å². The van der Waals surface area contributed by atoms with Crippen molar-refractivity contribution in [2.75, 3.05) is 6.54 Å². The molecule has 0 bridgehead atoms. The summed E-state index contributed by atoms with van der Waals surface area (Å²) in [4.78, 5) is 12.8. The summed E-state index contributed by atoms with van der Waals surface area (Å²) in [5, 5.41) is 13.1. The number of hydrogen-bond donors (Lipinski definition) is 2. The van der Waals surface area contributed by atoms with Crippen molar-refractivity contribution in [2.24, 2.45) is 0 Å². The number of carbonyl (C=O) groups is 1. The Labute approximate surface area is 132 Å². The van der Waals surface area contributed by atoms with Crippen molar-refractivity contribution in [3.63, 3.8) is 0 Å². The van der Waals surface area contributed by atoms with E-state index < -0.39 is 11.5 Å². The number of likely N-dealkylation sites (N-methyl/N-ethyl adjacent to an activating group) is 1. The van der Waals surface area contributed by atoms with E-state index in [9.17, 15) is 9.90 Å². The van der Waals surface area contributed by atoms with Gasteiger partial charge in [0, 0.05) is 14.6 Å². The number of halogens is 1. The minimum absolute atomic E-state index is 0.345. The lowest BCUT2D eigenvalue weighted by Gasteiger charge is -2.38. The van der Waals surface area contributed by atoms with E-state index in [2.05, 4.69) is 27.3 Å². The van der Waals surface area contributed by atoms with Crippen LogP contribution >= 0.6 is 27.7 Å². The number of benzene rings is 1. The lowest BCUT2D eigenvalue weighted by molar-refractivity contribution is -0.146. The highest BCUT2D eigenvalue weighted by Crippen LogP contribution is 2.40. The van der Waals surface area contributed by atoms with Gasteiger partial charge in [-0.15, -0.1) is 11.8 Å². The topological polar surface area (TPSA) is 49.3 Å². The van der Waals surface area contributed by atoms with Crippen molar-refractivity contribution in [3.8, 4) is 0 Å². The molecule has 1 aliphatic carbocycles. The third-order valence-electron chi connectivity index (χ3n) is 3.76. The summed E-state index contributed by atoms with van der Waals surface area (Å²) < 4.78 is 1.08. The summed E-state index contributed by atoms with van der Waals surface area (Å²) in [7, 11) is 0. The molecule has 1 aromatic carbocycles. The quantitative estimate of drug-likeness (QED) is 0.838. The van der Waals surface area contributed by atoms with Gasteiger partial charge in [0.2, 0.25) is 0 Å². The monoisotopic (exact) mass is 357 g/mol. The van der Waals surface area contributed by atoms with E-state index in [1.165, 1.54) is 4.90 Å². The summed E-state index contributed by atoms with van der Waals surface area (Å²) in [5.41, 5.74) is -0.744. The highest BCUT2D eigenvalue weighted by Gasteiger charge is 2.42. The fourth-order valence-corrected chi connectivity index (χ4v) is 4.73. The Balaban J connectivity index is 2.10. The molecule has 0 amide bonds. The second-order valence-corrected chi connectivity index (χ2v) is 7.38. The standard InChI is InChI=1S/C15H20BrNO2S/c1-2-17-15(14(18)19)9-5-6-11(10-15)20-13-8-4-3-7-12(13)16/h3-4,7-8,11,17H,2,5-6,9-10H2,1H3,(H,18,19). The molecule has 0 aliphatic heterocycles. The first-order valence-electron chi connectivity index (χ1n) is 6.97. The van der Waals surface area contributed by atoms with Crippen LogP contribution in [0.3, 0.4) is 0 Å². The Bertz CT molecular complexity index is 479. The van der Waals surface area contributed by atoms with E-state index >= 15 is 0 Å². The highest BCUT2D eigenvalue weighted by atomic mass is 79.9. The molecule has 0 spiro atoms. The van der Waals surface area contributed by atoms with Crippen LogP contribution in [0, 0.1) is 0 Å². The van der Waals surface area contributed by atoms with Gasteiger partial charge in [-0.2, -0.15) is 0 Å². The van der Waals surface area contributed by atoms with Crippen molar-refractivity contribution in [1.82, 2.24) is 5.32 Å². The largest absolute Gasteiger partial charge is 0.480 e. The minimum atomic E-state index is -0.744. The molecule has 1 fully saturated rings. The van der Waals surface area contributed by atoms with Gasteiger partial charge in [0.1, 0.15) is 5.54 Å². The first-order chi connectivity index (χ1) is 9.57. The maximum absolute atomic E-state index is 11.7. The van der Waals surface area contributed by atoms with E-state index in [0.717, 1.165) is 23.7 Å². The van der Waals surface area contributed by atoms with E-state index in [-0.39, 0.29) is 0 Å². The summed E-state index contributed by atoms with van der Waals surface area (Å²) in [6.45, 7) is 2.66. The number of nitrogens with one attached hydrogen (secondary N) is 1. The van der Waals surface area contributed by atoms with Gasteiger partial charge in [0.15, 0.2) is 0 Å². The zero-order chi connectivity index (χ0) is 14.6. The zero-order valence-electron chi connectivity index (χ0n) is 11.6. The Morgan fingerprint density at radius 1 is 1.55 bits per heavy atom. The van der Waals surface area contributed by atoms with Crippen molar-refractivity contribution in [2.45, 2.75) is 48.3 Å². The molecule has 0 saturated heterocycles. The Kier molecular flexibility index (Phi) is 5.52. The molecule has 0 aromatic heterocycles. The van der Waals surface area contributed by atoms with Gasteiger partial charge < -0.3 is 10.4 Å². The molecule has 2 N–H and O–H groups in total. The molecule has 20 heavy (non-hydrogen) atoms. The lowest BCUT2D eigenvalue weighted by Crippen LogP contribution is -2.55. The van der Waals surface area contributed by atoms with Crippen LogP contribution in [0.4, 0.5) is 0 Å². The molecule has 2 unspecified atom stereocenters. The summed E-state index contributed by atoms with van der Waals surface area (Å²) >= 11 is 5.35. The van der Waals surface area contributed by atoms with Gasteiger partial charge in [-0.3, -0.25) is 4.79 Å². The maximum Gasteiger partial charge on any atom is 0.323 e. The number of carboxylic acid groups (broad SMARTS) is 1. The van der Waals surface area contributed by atoms with E-state index in [1.54, 1.807) is 11.8 Å². The Hall–Kier alpha value is -0.520. The highest BCUT2D eigenvalue weighted by molar-refractivity contribution is 9.10. The molecule has 110 valence electrons. The van der Waals surface area contributed by atoms with Crippen molar-refractivity contribution in [1.29, 1.82) is 0 Å². The molecule has 1 saturated carbocycles. The Morgan fingerprint density at radius 3 is 2.95 bits per heavy atom. The predicted octanol–water partition coefficient (Wildman–Crippen LogP) is 3.92. The van der Waals surface area contributed by atoms with Crippen molar-refractivity contribution in [3.05, 3.63) is 28.7 Å². The third kappa shape index (κ3) is 3.57. The van der Waals surface area contributed by atoms with Crippen LogP contribution in [0.1, 0.15) is 32.6 Å². The predicted molar refractivity (Wildman–Crippen MR) is 86.3 cm³/mol. The molecule has 1 aromatic rings. The van der Waals surface area contributed by atoms with Crippen LogP contribution in [0.2, 0.25) is 0 Å². The molecule has 2 atom stereocenters. The number of rotatable bonds is 5. The summed E-state index contributed by atoms with van der Waals surface area (Å²) in [6, 6.07) is 8.12. The van der Waals surface area contributed by atoms with Crippen molar-refractivity contribution >= 4 is 33.7 Å². The number of hydrogen-bond acceptors (Lipinski definition) is 3. The third-order valence-corrected chi connectivity index (χ3v) is 6.06. The van der Waals surface area contributed by atoms with Crippen LogP contribution in [-0.4, -0.2) is 28.4 Å². The zero-order valence-corrected chi connectivity index (χ0v) is 14.0. The maximum atomic E-state index is 11.7. The van der Waals surface area contributed by atoms with Gasteiger partial charge >= 0.3 is 5.97 Å². The second-order valence-electron chi connectivity index (χ2n) is 5.18. The van der Waals surface area contributed by atoms with E-state index in [4.69, 9.17) is 0 Å². The van der Waals surface area contributed by atoms with Gasteiger partial charge in [0.05, 0.1) is 0 Å². The van der Waals surface area contributed by atoms with E-state index in [0.29, 0.717) is 18.2 Å². The van der Waals surface area contributed by atoms with Crippen LogP contribution < -0.4 is 5.32 Å². The normalized spacial score (nSPS) is 26.4. The number of aliphatic carboxylic acids is 1. The van der Waals surface area contributed by atoms with Crippen LogP contribution in [0.5, 0.6) is 0 Å².